The van der Waals surface area contributed by atoms with Gasteiger partial charge in [0, 0.05) is 12.6 Å². The van der Waals surface area contributed by atoms with Crippen LogP contribution in [0, 0.1) is 12.8 Å². The lowest BCUT2D eigenvalue weighted by Gasteiger charge is -2.35. The highest BCUT2D eigenvalue weighted by Crippen LogP contribution is 2.28. The van der Waals surface area contributed by atoms with Crippen LogP contribution in [0.4, 0.5) is 0 Å². The van der Waals surface area contributed by atoms with E-state index in [0.717, 1.165) is 48.2 Å². The van der Waals surface area contributed by atoms with E-state index in [1.165, 1.54) is 0 Å². The Morgan fingerprint density at radius 1 is 1.34 bits per heavy atom. The first-order valence-electron chi connectivity index (χ1n) is 9.69. The highest BCUT2D eigenvalue weighted by molar-refractivity contribution is 7.13. The van der Waals surface area contributed by atoms with E-state index in [-0.39, 0.29) is 24.4 Å². The lowest BCUT2D eigenvalue weighted by atomic mass is 9.97. The zero-order valence-corrected chi connectivity index (χ0v) is 18.2. The molecule has 4 rings (SSSR count). The standard InChI is InChI=1S/C21H25N3O3S.ClH/c1-14-7-9-24(10-8-14)17(18-6-5-15(2)26-18)13-22-21(25)16-12-19(27-23-16)20-4-3-11-28-20;/h3-6,11-12,14,17H,7-10,13H2,1-2H3,(H,22,25);1H. The van der Waals surface area contributed by atoms with Crippen molar-refractivity contribution in [3.05, 3.63) is 52.9 Å². The molecule has 0 radical (unpaired) electrons. The van der Waals surface area contributed by atoms with E-state index in [1.807, 2.05) is 36.6 Å². The minimum Gasteiger partial charge on any atom is -0.465 e. The first-order chi connectivity index (χ1) is 13.6. The number of halogens is 1. The van der Waals surface area contributed by atoms with E-state index < -0.39 is 0 Å². The summed E-state index contributed by atoms with van der Waals surface area (Å²) in [5, 5.41) is 8.91. The van der Waals surface area contributed by atoms with Gasteiger partial charge in [-0.15, -0.1) is 23.7 Å². The van der Waals surface area contributed by atoms with Gasteiger partial charge in [0.1, 0.15) is 11.5 Å². The number of nitrogens with zero attached hydrogens (tertiary/aromatic N) is 2. The molecule has 1 N–H and O–H groups in total. The van der Waals surface area contributed by atoms with Crippen LogP contribution >= 0.6 is 23.7 Å². The molecule has 0 aromatic carbocycles. The van der Waals surface area contributed by atoms with Gasteiger partial charge in [-0.25, -0.2) is 0 Å². The van der Waals surface area contributed by atoms with Gasteiger partial charge in [-0.05, 0) is 62.4 Å². The molecule has 1 fully saturated rings. The molecule has 1 aliphatic rings. The minimum absolute atomic E-state index is 0. The summed E-state index contributed by atoms with van der Waals surface area (Å²) in [6, 6.07) is 9.58. The van der Waals surface area contributed by atoms with Crippen molar-refractivity contribution in [2.24, 2.45) is 5.92 Å². The average molecular weight is 436 g/mol. The van der Waals surface area contributed by atoms with E-state index in [9.17, 15) is 4.79 Å². The summed E-state index contributed by atoms with van der Waals surface area (Å²) in [4.78, 5) is 16.0. The number of hydrogen-bond donors (Lipinski definition) is 1. The normalized spacial score (nSPS) is 16.3. The van der Waals surface area contributed by atoms with Crippen LogP contribution in [-0.2, 0) is 0 Å². The fraction of sp³-hybridized carbons (Fsp3) is 0.429. The number of piperidine rings is 1. The van der Waals surface area contributed by atoms with Crippen LogP contribution < -0.4 is 5.32 Å². The highest BCUT2D eigenvalue weighted by Gasteiger charge is 2.27. The predicted octanol–water partition coefficient (Wildman–Crippen LogP) is 4.93. The third-order valence-electron chi connectivity index (χ3n) is 5.31. The Morgan fingerprint density at radius 2 is 2.14 bits per heavy atom. The number of thiophene rings is 1. The van der Waals surface area contributed by atoms with Gasteiger partial charge in [-0.1, -0.05) is 18.1 Å². The minimum atomic E-state index is -0.231. The molecule has 1 aliphatic heterocycles. The Kier molecular flexibility index (Phi) is 7.16. The van der Waals surface area contributed by atoms with Crippen molar-refractivity contribution in [1.29, 1.82) is 0 Å². The molecule has 3 aromatic rings. The molecule has 3 aromatic heterocycles. The average Bonchev–Trinajstić information content (AvgIpc) is 3.44. The molecular weight excluding hydrogens is 410 g/mol. The fourth-order valence-electron chi connectivity index (χ4n) is 3.58. The fourth-order valence-corrected chi connectivity index (χ4v) is 4.25. The number of carbonyl (C=O) groups excluding carboxylic acids is 1. The molecule has 156 valence electrons. The SMILES string of the molecule is Cc1ccc(C(CNC(=O)c2cc(-c3cccs3)on2)N2CCC(C)CC2)o1.Cl. The Bertz CT molecular complexity index is 913. The second-order valence-corrected chi connectivity index (χ2v) is 8.39. The Balaban J connectivity index is 0.00000240. The van der Waals surface area contributed by atoms with Gasteiger partial charge < -0.3 is 14.3 Å². The maximum atomic E-state index is 12.6. The maximum absolute atomic E-state index is 12.6. The second-order valence-electron chi connectivity index (χ2n) is 7.45. The first-order valence-corrected chi connectivity index (χ1v) is 10.6. The summed E-state index contributed by atoms with van der Waals surface area (Å²) in [6.45, 7) is 6.73. The first kappa shape index (κ1) is 21.6. The molecule has 0 bridgehead atoms. The maximum Gasteiger partial charge on any atom is 0.273 e. The van der Waals surface area contributed by atoms with E-state index in [1.54, 1.807) is 17.4 Å². The molecule has 0 saturated carbocycles. The number of nitrogens with one attached hydrogen (secondary N) is 1. The molecule has 29 heavy (non-hydrogen) atoms. The molecule has 8 heteroatoms. The molecule has 6 nitrogen and oxygen atoms in total. The Hall–Kier alpha value is -2.09. The quantitative estimate of drug-likeness (QED) is 0.594. The van der Waals surface area contributed by atoms with Crippen LogP contribution in [0.2, 0.25) is 0 Å². The number of rotatable bonds is 6. The van der Waals surface area contributed by atoms with Gasteiger partial charge in [-0.2, -0.15) is 0 Å². The summed E-state index contributed by atoms with van der Waals surface area (Å²) < 4.78 is 11.2. The smallest absolute Gasteiger partial charge is 0.273 e. The van der Waals surface area contributed by atoms with Crippen LogP contribution in [0.1, 0.15) is 47.8 Å². The van der Waals surface area contributed by atoms with Crippen molar-refractivity contribution < 1.29 is 13.7 Å². The molecule has 0 aliphatic carbocycles. The third-order valence-corrected chi connectivity index (χ3v) is 6.20. The van der Waals surface area contributed by atoms with Crippen molar-refractivity contribution in [3.63, 3.8) is 0 Å². The van der Waals surface area contributed by atoms with E-state index in [0.29, 0.717) is 18.0 Å². The van der Waals surface area contributed by atoms with Crippen molar-refractivity contribution in [2.75, 3.05) is 19.6 Å². The summed E-state index contributed by atoms with van der Waals surface area (Å²) in [5.41, 5.74) is 0.296. The van der Waals surface area contributed by atoms with Crippen LogP contribution in [0.15, 0.2) is 44.7 Å². The number of likely N-dealkylation sites (tertiary alicyclic amines) is 1. The number of aromatic nitrogens is 1. The van der Waals surface area contributed by atoms with Crippen LogP contribution in [0.3, 0.4) is 0 Å². The van der Waals surface area contributed by atoms with Crippen molar-refractivity contribution in [3.8, 4) is 10.6 Å². The molecule has 1 unspecified atom stereocenters. The summed E-state index contributed by atoms with van der Waals surface area (Å²) in [6.07, 6.45) is 2.33. The number of furan rings is 1. The van der Waals surface area contributed by atoms with Crippen molar-refractivity contribution in [1.82, 2.24) is 15.4 Å². The Morgan fingerprint density at radius 3 is 2.79 bits per heavy atom. The van der Waals surface area contributed by atoms with Crippen LogP contribution in [0.5, 0.6) is 0 Å². The topological polar surface area (TPSA) is 71.5 Å². The van der Waals surface area contributed by atoms with Crippen LogP contribution in [0.25, 0.3) is 10.6 Å². The highest BCUT2D eigenvalue weighted by atomic mass is 35.5. The van der Waals surface area contributed by atoms with E-state index in [2.05, 4.69) is 22.3 Å². The molecule has 1 amide bonds. The number of carbonyl (C=O) groups is 1. The molecule has 1 saturated heterocycles. The third kappa shape index (κ3) is 5.10. The van der Waals surface area contributed by atoms with Gasteiger partial charge in [0.15, 0.2) is 11.5 Å². The number of amides is 1. The van der Waals surface area contributed by atoms with Gasteiger partial charge in [0.05, 0.1) is 10.9 Å². The van der Waals surface area contributed by atoms with Gasteiger partial charge in [0.25, 0.3) is 5.91 Å². The molecule has 1 atom stereocenters. The lowest BCUT2D eigenvalue weighted by molar-refractivity contribution is 0.0887. The number of aryl methyl sites for hydroxylation is 1. The van der Waals surface area contributed by atoms with Crippen LogP contribution in [-0.4, -0.2) is 35.6 Å². The largest absolute Gasteiger partial charge is 0.465 e. The van der Waals surface area contributed by atoms with E-state index in [4.69, 9.17) is 8.94 Å². The zero-order chi connectivity index (χ0) is 19.5. The predicted molar refractivity (Wildman–Crippen MR) is 116 cm³/mol. The van der Waals surface area contributed by atoms with Crippen molar-refractivity contribution >= 4 is 29.7 Å². The molecular formula is C21H26ClN3O3S. The lowest BCUT2D eigenvalue weighted by Crippen LogP contribution is -2.41. The van der Waals surface area contributed by atoms with Crippen molar-refractivity contribution in [2.45, 2.75) is 32.7 Å². The zero-order valence-electron chi connectivity index (χ0n) is 16.6. The summed E-state index contributed by atoms with van der Waals surface area (Å²) >= 11 is 1.55. The molecule has 0 spiro atoms. The van der Waals surface area contributed by atoms with Gasteiger partial charge in [0.2, 0.25) is 0 Å². The monoisotopic (exact) mass is 435 g/mol. The van der Waals surface area contributed by atoms with Gasteiger partial charge >= 0.3 is 0 Å². The number of hydrogen-bond acceptors (Lipinski definition) is 6. The Labute approximate surface area is 180 Å². The van der Waals surface area contributed by atoms with Gasteiger partial charge in [-0.3, -0.25) is 9.69 Å². The molecule has 4 heterocycles. The summed E-state index contributed by atoms with van der Waals surface area (Å²) in [7, 11) is 0. The summed E-state index contributed by atoms with van der Waals surface area (Å²) in [5.74, 6) is 2.91. The van der Waals surface area contributed by atoms with E-state index >= 15 is 0 Å². The second kappa shape index (κ2) is 9.61.